The minimum absolute atomic E-state index is 0.0459. The van der Waals surface area contributed by atoms with Crippen LogP contribution in [0, 0.1) is 5.41 Å². The summed E-state index contributed by atoms with van der Waals surface area (Å²) in [5, 5.41) is 3.57. The molecule has 2 saturated heterocycles. The van der Waals surface area contributed by atoms with Gasteiger partial charge in [-0.1, -0.05) is 11.3 Å². The van der Waals surface area contributed by atoms with Crippen LogP contribution in [0.5, 0.6) is 0 Å². The second kappa shape index (κ2) is 5.48. The van der Waals surface area contributed by atoms with E-state index in [1.807, 2.05) is 11.0 Å². The van der Waals surface area contributed by atoms with E-state index in [1.54, 1.807) is 12.4 Å². The van der Waals surface area contributed by atoms with Crippen molar-refractivity contribution < 1.29 is 9.53 Å². The molecule has 0 saturated carbocycles. The molecule has 1 N–H and O–H groups in total. The summed E-state index contributed by atoms with van der Waals surface area (Å²) in [7, 11) is 0. The summed E-state index contributed by atoms with van der Waals surface area (Å²) in [5.41, 5.74) is 1.10. The lowest BCUT2D eigenvalue weighted by Gasteiger charge is -2.33. The fourth-order valence-electron chi connectivity index (χ4n) is 3.33. The van der Waals surface area contributed by atoms with Gasteiger partial charge >= 0.3 is 6.03 Å². The second-order valence-electron chi connectivity index (χ2n) is 6.08. The molecule has 0 aromatic carbocycles. The molecule has 6 nitrogen and oxygen atoms in total. The van der Waals surface area contributed by atoms with Crippen LogP contribution in [0.15, 0.2) is 18.5 Å². The molecule has 4 heterocycles. The van der Waals surface area contributed by atoms with E-state index >= 15 is 0 Å². The fraction of sp³-hybridized carbons (Fsp3) is 0.533. The molecule has 7 heteroatoms. The van der Waals surface area contributed by atoms with Gasteiger partial charge in [-0.2, -0.15) is 0 Å². The fourth-order valence-corrected chi connectivity index (χ4v) is 4.15. The van der Waals surface area contributed by atoms with E-state index in [4.69, 9.17) is 4.74 Å². The van der Waals surface area contributed by atoms with Gasteiger partial charge in [0, 0.05) is 32.5 Å². The molecule has 0 atom stereocenters. The van der Waals surface area contributed by atoms with E-state index in [2.05, 4.69) is 15.3 Å². The third kappa shape index (κ3) is 2.55. The highest BCUT2D eigenvalue weighted by Gasteiger charge is 2.41. The van der Waals surface area contributed by atoms with Gasteiger partial charge in [-0.3, -0.25) is 10.3 Å². The van der Waals surface area contributed by atoms with E-state index in [-0.39, 0.29) is 11.4 Å². The van der Waals surface area contributed by atoms with Crippen LogP contribution >= 0.6 is 11.3 Å². The minimum Gasteiger partial charge on any atom is -0.381 e. The molecule has 2 amide bonds. The Hall–Kier alpha value is -1.73. The molecule has 4 rings (SSSR count). The van der Waals surface area contributed by atoms with Gasteiger partial charge in [0.05, 0.1) is 10.9 Å². The lowest BCUT2D eigenvalue weighted by atomic mass is 9.80. The Balaban J connectivity index is 1.44. The number of nitrogens with zero attached hydrogens (tertiary/aromatic N) is 3. The number of likely N-dealkylation sites (tertiary alicyclic amines) is 1. The summed E-state index contributed by atoms with van der Waals surface area (Å²) >= 11 is 1.48. The molecule has 0 aliphatic carbocycles. The van der Waals surface area contributed by atoms with Crippen LogP contribution in [0.2, 0.25) is 0 Å². The molecular weight excluding hydrogens is 300 g/mol. The van der Waals surface area contributed by atoms with Gasteiger partial charge in [0.15, 0.2) is 5.13 Å². The molecule has 2 aromatic heterocycles. The number of carbonyl (C=O) groups is 1. The van der Waals surface area contributed by atoms with Crippen molar-refractivity contribution in [2.75, 3.05) is 31.6 Å². The molecule has 116 valence electrons. The molecule has 2 aromatic rings. The Morgan fingerprint density at radius 1 is 1.36 bits per heavy atom. The smallest absolute Gasteiger partial charge is 0.323 e. The topological polar surface area (TPSA) is 67.4 Å². The van der Waals surface area contributed by atoms with Gasteiger partial charge in [-0.05, 0) is 30.7 Å². The summed E-state index contributed by atoms with van der Waals surface area (Å²) in [6.45, 7) is 3.29. The van der Waals surface area contributed by atoms with E-state index in [0.717, 1.165) is 55.8 Å². The highest BCUT2D eigenvalue weighted by molar-refractivity contribution is 7.22. The predicted octanol–water partition coefficient (Wildman–Crippen LogP) is 2.73. The highest BCUT2D eigenvalue weighted by atomic mass is 32.1. The number of rotatable bonds is 1. The Kier molecular flexibility index (Phi) is 3.46. The van der Waals surface area contributed by atoms with Crippen molar-refractivity contribution in [3.05, 3.63) is 18.5 Å². The first kappa shape index (κ1) is 13.9. The van der Waals surface area contributed by atoms with Gasteiger partial charge in [0.25, 0.3) is 0 Å². The number of aromatic nitrogens is 2. The van der Waals surface area contributed by atoms with Crippen LogP contribution in [0.3, 0.4) is 0 Å². The van der Waals surface area contributed by atoms with Crippen LogP contribution in [-0.4, -0.2) is 47.2 Å². The standard InChI is InChI=1S/C15H18N4O2S/c20-14(18-13-17-11-9-16-5-1-12(11)22-13)19-6-2-15(10-19)3-7-21-8-4-15/h1,5,9H,2-4,6-8,10H2,(H,17,18,20). The normalized spacial score (nSPS) is 20.6. The molecular formula is C15H18N4O2S. The van der Waals surface area contributed by atoms with Crippen molar-refractivity contribution >= 4 is 32.7 Å². The van der Waals surface area contributed by atoms with Crippen molar-refractivity contribution in [3.63, 3.8) is 0 Å². The third-order valence-electron chi connectivity index (χ3n) is 4.68. The lowest BCUT2D eigenvalue weighted by Crippen LogP contribution is -2.37. The lowest BCUT2D eigenvalue weighted by molar-refractivity contribution is 0.0211. The number of ether oxygens (including phenoxy) is 1. The molecule has 2 aliphatic heterocycles. The van der Waals surface area contributed by atoms with Gasteiger partial charge in [-0.15, -0.1) is 0 Å². The zero-order valence-electron chi connectivity index (χ0n) is 12.2. The minimum atomic E-state index is -0.0459. The molecule has 0 unspecified atom stereocenters. The average Bonchev–Trinajstić information content (AvgIpc) is 3.12. The first-order chi connectivity index (χ1) is 10.7. The number of amides is 2. The van der Waals surface area contributed by atoms with Gasteiger partial charge in [0.1, 0.15) is 5.52 Å². The number of anilines is 1. The molecule has 22 heavy (non-hydrogen) atoms. The summed E-state index contributed by atoms with van der Waals surface area (Å²) in [4.78, 5) is 22.8. The summed E-state index contributed by atoms with van der Waals surface area (Å²) in [6, 6.07) is 1.87. The summed E-state index contributed by atoms with van der Waals surface area (Å²) in [5.74, 6) is 0. The number of urea groups is 1. The maximum Gasteiger partial charge on any atom is 0.323 e. The number of pyridine rings is 1. The number of hydrogen-bond donors (Lipinski definition) is 1. The van der Waals surface area contributed by atoms with Crippen LogP contribution in [-0.2, 0) is 4.74 Å². The van der Waals surface area contributed by atoms with Crippen molar-refractivity contribution in [2.24, 2.45) is 5.41 Å². The number of carbonyl (C=O) groups excluding carboxylic acids is 1. The first-order valence-corrected chi connectivity index (χ1v) is 8.40. The molecule has 1 spiro atoms. The van der Waals surface area contributed by atoms with E-state index in [1.165, 1.54) is 11.3 Å². The monoisotopic (exact) mass is 318 g/mol. The number of nitrogens with one attached hydrogen (secondary N) is 1. The van der Waals surface area contributed by atoms with Crippen LogP contribution < -0.4 is 5.32 Å². The molecule has 2 aliphatic rings. The van der Waals surface area contributed by atoms with Crippen molar-refractivity contribution in [1.82, 2.24) is 14.9 Å². The number of thiazole rings is 1. The van der Waals surface area contributed by atoms with Gasteiger partial charge in [0.2, 0.25) is 0 Å². The van der Waals surface area contributed by atoms with Crippen LogP contribution in [0.4, 0.5) is 9.93 Å². The maximum atomic E-state index is 12.5. The zero-order valence-corrected chi connectivity index (χ0v) is 13.1. The predicted molar refractivity (Wildman–Crippen MR) is 85.1 cm³/mol. The van der Waals surface area contributed by atoms with Crippen LogP contribution in [0.1, 0.15) is 19.3 Å². The number of hydrogen-bond acceptors (Lipinski definition) is 5. The van der Waals surface area contributed by atoms with Crippen molar-refractivity contribution in [3.8, 4) is 0 Å². The highest BCUT2D eigenvalue weighted by Crippen LogP contribution is 2.39. The molecule has 2 fully saturated rings. The zero-order chi connectivity index (χ0) is 15.0. The Labute approximate surface area is 132 Å². The quantitative estimate of drug-likeness (QED) is 0.878. The van der Waals surface area contributed by atoms with Gasteiger partial charge < -0.3 is 9.64 Å². The Morgan fingerprint density at radius 2 is 2.23 bits per heavy atom. The third-order valence-corrected chi connectivity index (χ3v) is 5.63. The van der Waals surface area contributed by atoms with Crippen molar-refractivity contribution in [2.45, 2.75) is 19.3 Å². The SMILES string of the molecule is O=C(Nc1nc2cnccc2s1)N1CCC2(CCOCC2)C1. The average molecular weight is 318 g/mol. The van der Waals surface area contributed by atoms with Crippen molar-refractivity contribution in [1.29, 1.82) is 0 Å². The summed E-state index contributed by atoms with van der Waals surface area (Å²) < 4.78 is 6.48. The molecule has 0 bridgehead atoms. The maximum absolute atomic E-state index is 12.5. The second-order valence-corrected chi connectivity index (χ2v) is 7.11. The van der Waals surface area contributed by atoms with Gasteiger partial charge in [-0.25, -0.2) is 9.78 Å². The summed E-state index contributed by atoms with van der Waals surface area (Å²) in [6.07, 6.45) is 6.65. The first-order valence-electron chi connectivity index (χ1n) is 7.58. The van der Waals surface area contributed by atoms with E-state index < -0.39 is 0 Å². The van der Waals surface area contributed by atoms with E-state index in [0.29, 0.717) is 5.13 Å². The largest absolute Gasteiger partial charge is 0.381 e. The Bertz CT molecular complexity index is 663. The van der Waals surface area contributed by atoms with Crippen LogP contribution in [0.25, 0.3) is 10.2 Å². The number of fused-ring (bicyclic) bond motifs is 1. The molecule has 0 radical (unpaired) electrons. The van der Waals surface area contributed by atoms with E-state index in [9.17, 15) is 4.79 Å². The Morgan fingerprint density at radius 3 is 3.05 bits per heavy atom.